The Morgan fingerprint density at radius 1 is 1.36 bits per heavy atom. The van der Waals surface area contributed by atoms with E-state index in [1.54, 1.807) is 0 Å². The highest BCUT2D eigenvalue weighted by Gasteiger charge is 2.13. The monoisotopic (exact) mass is 271 g/mol. The van der Waals surface area contributed by atoms with Gasteiger partial charge in [0.05, 0.1) is 0 Å². The Morgan fingerprint density at radius 2 is 2.14 bits per heavy atom. The van der Waals surface area contributed by atoms with Gasteiger partial charge in [-0.2, -0.15) is 0 Å². The molecule has 1 aliphatic heterocycles. The molecule has 0 amide bonds. The summed E-state index contributed by atoms with van der Waals surface area (Å²) in [7, 11) is 0. The van der Waals surface area contributed by atoms with Gasteiger partial charge in [-0.05, 0) is 49.7 Å². The predicted molar refractivity (Wildman–Crippen MR) is 65.8 cm³/mol. The number of benzene rings is 1. The van der Waals surface area contributed by atoms with Gasteiger partial charge in [-0.15, -0.1) is 11.8 Å². The SMILES string of the molecule is Brc1ccc(SCC2CCNC2)cc1. The average molecular weight is 272 g/mol. The molecule has 1 nitrogen and oxygen atoms in total. The van der Waals surface area contributed by atoms with E-state index in [-0.39, 0.29) is 0 Å². The van der Waals surface area contributed by atoms with E-state index >= 15 is 0 Å². The van der Waals surface area contributed by atoms with E-state index in [2.05, 4.69) is 45.5 Å². The minimum absolute atomic E-state index is 0.864. The third-order valence-corrected chi connectivity index (χ3v) is 4.23. The van der Waals surface area contributed by atoms with Gasteiger partial charge < -0.3 is 5.32 Å². The number of nitrogens with one attached hydrogen (secondary N) is 1. The van der Waals surface area contributed by atoms with Crippen LogP contribution in [0.4, 0.5) is 0 Å². The lowest BCUT2D eigenvalue weighted by atomic mass is 10.2. The van der Waals surface area contributed by atoms with Crippen LogP contribution >= 0.6 is 27.7 Å². The van der Waals surface area contributed by atoms with Gasteiger partial charge in [0.25, 0.3) is 0 Å². The van der Waals surface area contributed by atoms with Crippen molar-refractivity contribution in [1.82, 2.24) is 5.32 Å². The first kappa shape index (κ1) is 10.5. The first-order valence-electron chi connectivity index (χ1n) is 4.94. The van der Waals surface area contributed by atoms with Gasteiger partial charge in [-0.3, -0.25) is 0 Å². The second kappa shape index (κ2) is 5.19. The Labute approximate surface area is 97.8 Å². The fourth-order valence-electron chi connectivity index (χ4n) is 1.60. The number of rotatable bonds is 3. The van der Waals surface area contributed by atoms with E-state index in [0.717, 1.165) is 10.4 Å². The molecule has 1 saturated heterocycles. The lowest BCUT2D eigenvalue weighted by Gasteiger charge is -2.07. The number of hydrogen-bond acceptors (Lipinski definition) is 2. The summed E-state index contributed by atoms with van der Waals surface area (Å²) >= 11 is 5.41. The van der Waals surface area contributed by atoms with Crippen LogP contribution in [-0.4, -0.2) is 18.8 Å². The van der Waals surface area contributed by atoms with Gasteiger partial charge in [0.1, 0.15) is 0 Å². The van der Waals surface area contributed by atoms with Crippen LogP contribution in [0.25, 0.3) is 0 Å². The highest BCUT2D eigenvalue weighted by atomic mass is 79.9. The molecule has 1 N–H and O–H groups in total. The van der Waals surface area contributed by atoms with Crippen LogP contribution in [0.2, 0.25) is 0 Å². The molecule has 1 aromatic carbocycles. The third kappa shape index (κ3) is 3.01. The average Bonchev–Trinajstić information content (AvgIpc) is 2.70. The van der Waals surface area contributed by atoms with E-state index < -0.39 is 0 Å². The molecule has 14 heavy (non-hydrogen) atoms. The highest BCUT2D eigenvalue weighted by molar-refractivity contribution is 9.10. The molecule has 0 bridgehead atoms. The van der Waals surface area contributed by atoms with Gasteiger partial charge in [0, 0.05) is 15.1 Å². The van der Waals surface area contributed by atoms with Crippen molar-refractivity contribution in [3.63, 3.8) is 0 Å². The Bertz CT molecular complexity index is 280. The molecule has 1 aromatic rings. The minimum Gasteiger partial charge on any atom is -0.316 e. The Morgan fingerprint density at radius 3 is 2.79 bits per heavy atom. The molecule has 1 atom stereocenters. The molecule has 0 saturated carbocycles. The Hall–Kier alpha value is 0.01000. The van der Waals surface area contributed by atoms with E-state index in [1.807, 2.05) is 11.8 Å². The van der Waals surface area contributed by atoms with Crippen molar-refractivity contribution in [2.75, 3.05) is 18.8 Å². The van der Waals surface area contributed by atoms with Gasteiger partial charge in [-0.25, -0.2) is 0 Å². The molecule has 1 fully saturated rings. The number of thioether (sulfide) groups is 1. The molecular formula is C11H14BrNS. The maximum atomic E-state index is 3.44. The topological polar surface area (TPSA) is 12.0 Å². The molecule has 0 radical (unpaired) electrons. The molecule has 1 heterocycles. The van der Waals surface area contributed by atoms with E-state index in [9.17, 15) is 0 Å². The van der Waals surface area contributed by atoms with E-state index in [0.29, 0.717) is 0 Å². The summed E-state index contributed by atoms with van der Waals surface area (Å²) in [5.74, 6) is 2.11. The normalized spacial score (nSPS) is 21.4. The quantitative estimate of drug-likeness (QED) is 0.848. The van der Waals surface area contributed by atoms with Crippen LogP contribution in [0.3, 0.4) is 0 Å². The third-order valence-electron chi connectivity index (χ3n) is 2.46. The summed E-state index contributed by atoms with van der Waals surface area (Å²) in [5.41, 5.74) is 0. The zero-order valence-electron chi connectivity index (χ0n) is 8.00. The number of hydrogen-bond donors (Lipinski definition) is 1. The van der Waals surface area contributed by atoms with E-state index in [4.69, 9.17) is 0 Å². The zero-order chi connectivity index (χ0) is 9.80. The molecule has 3 heteroatoms. The summed E-state index contributed by atoms with van der Waals surface area (Å²) in [6.45, 7) is 2.40. The van der Waals surface area contributed by atoms with Crippen molar-refractivity contribution >= 4 is 27.7 Å². The van der Waals surface area contributed by atoms with Crippen molar-refractivity contribution in [2.45, 2.75) is 11.3 Å². The van der Waals surface area contributed by atoms with Crippen LogP contribution in [0.1, 0.15) is 6.42 Å². The van der Waals surface area contributed by atoms with Crippen LogP contribution in [0.15, 0.2) is 33.6 Å². The van der Waals surface area contributed by atoms with Crippen molar-refractivity contribution in [1.29, 1.82) is 0 Å². The summed E-state index contributed by atoms with van der Waals surface area (Å²) in [5, 5.41) is 3.40. The van der Waals surface area contributed by atoms with Crippen molar-refractivity contribution in [3.05, 3.63) is 28.7 Å². The molecule has 0 spiro atoms. The molecule has 76 valence electrons. The molecule has 0 aliphatic carbocycles. The summed E-state index contributed by atoms with van der Waals surface area (Å²) in [6, 6.07) is 8.57. The van der Waals surface area contributed by atoms with Gasteiger partial charge >= 0.3 is 0 Å². The van der Waals surface area contributed by atoms with Crippen molar-refractivity contribution in [2.24, 2.45) is 5.92 Å². The molecule has 1 aliphatic rings. The number of halogens is 1. The maximum absolute atomic E-state index is 3.44. The smallest absolute Gasteiger partial charge is 0.0176 e. The predicted octanol–water partition coefficient (Wildman–Crippen LogP) is 3.15. The molecule has 2 rings (SSSR count). The molecule has 0 aromatic heterocycles. The maximum Gasteiger partial charge on any atom is 0.0176 e. The van der Waals surface area contributed by atoms with Crippen LogP contribution in [-0.2, 0) is 0 Å². The van der Waals surface area contributed by atoms with E-state index in [1.165, 1.54) is 30.2 Å². The van der Waals surface area contributed by atoms with Gasteiger partial charge in [0.2, 0.25) is 0 Å². The van der Waals surface area contributed by atoms with Gasteiger partial charge in [0.15, 0.2) is 0 Å². The zero-order valence-corrected chi connectivity index (χ0v) is 10.4. The first-order chi connectivity index (χ1) is 6.84. The Kier molecular flexibility index (Phi) is 3.90. The summed E-state index contributed by atoms with van der Waals surface area (Å²) < 4.78 is 1.16. The summed E-state index contributed by atoms with van der Waals surface area (Å²) in [4.78, 5) is 1.38. The second-order valence-electron chi connectivity index (χ2n) is 3.62. The fraction of sp³-hybridized carbons (Fsp3) is 0.455. The van der Waals surface area contributed by atoms with Crippen molar-refractivity contribution in [3.8, 4) is 0 Å². The van der Waals surface area contributed by atoms with Crippen LogP contribution < -0.4 is 5.32 Å². The minimum atomic E-state index is 0.864. The largest absolute Gasteiger partial charge is 0.316 e. The fourth-order valence-corrected chi connectivity index (χ4v) is 2.91. The standard InChI is InChI=1S/C11H14BrNS/c12-10-1-3-11(4-2-10)14-8-9-5-6-13-7-9/h1-4,9,13H,5-8H2. The van der Waals surface area contributed by atoms with Crippen LogP contribution in [0, 0.1) is 5.92 Å². The van der Waals surface area contributed by atoms with Crippen LogP contribution in [0.5, 0.6) is 0 Å². The lowest BCUT2D eigenvalue weighted by molar-refractivity contribution is 0.663. The van der Waals surface area contributed by atoms with Crippen molar-refractivity contribution < 1.29 is 0 Å². The Balaban J connectivity index is 1.82. The second-order valence-corrected chi connectivity index (χ2v) is 5.63. The highest BCUT2D eigenvalue weighted by Crippen LogP contribution is 2.24. The lowest BCUT2D eigenvalue weighted by Crippen LogP contribution is -2.10. The first-order valence-corrected chi connectivity index (χ1v) is 6.71. The summed E-state index contributed by atoms with van der Waals surface area (Å²) in [6.07, 6.45) is 1.34. The van der Waals surface area contributed by atoms with Gasteiger partial charge in [-0.1, -0.05) is 15.9 Å². The molecule has 1 unspecified atom stereocenters. The molecular weight excluding hydrogens is 258 g/mol.